The number of fused-ring (bicyclic) bond motifs is 1. The minimum Gasteiger partial charge on any atom is -0.495 e. The molecular weight excluding hydrogens is 545 g/mol. The molecule has 0 radical (unpaired) electrons. The Bertz CT molecular complexity index is 1400. The van der Waals surface area contributed by atoms with Gasteiger partial charge < -0.3 is 35.9 Å². The zero-order valence-electron chi connectivity index (χ0n) is 24.9. The normalized spacial score (nSPS) is 16.6. The molecule has 4 rings (SSSR count). The van der Waals surface area contributed by atoms with Crippen molar-refractivity contribution in [1.29, 1.82) is 0 Å². The number of nitrogens with two attached hydrogens (primary N) is 1. The number of halogens is 3. The van der Waals surface area contributed by atoms with E-state index < -0.39 is 12.7 Å². The lowest BCUT2D eigenvalue weighted by Gasteiger charge is -2.33. The largest absolute Gasteiger partial charge is 0.495 e. The fourth-order valence-electron chi connectivity index (χ4n) is 5.22. The number of benzene rings is 2. The SMILES string of the molecule is CN.CNC(=O)c1ccc(NCC#Cc2cc3c(NC4CCC(N(C)C)CC4)cccc3n2CC(F)(F)F)c(OC)c1. The number of anilines is 2. The van der Waals surface area contributed by atoms with Crippen LogP contribution in [0, 0.1) is 11.8 Å². The van der Waals surface area contributed by atoms with E-state index in [4.69, 9.17) is 4.74 Å². The fraction of sp³-hybridized carbons (Fsp3) is 0.452. The lowest BCUT2D eigenvalue weighted by atomic mass is 9.90. The Hall–Kier alpha value is -3.88. The number of hydrogen-bond donors (Lipinski definition) is 4. The topological polar surface area (TPSA) is 96.6 Å². The molecule has 0 saturated heterocycles. The Kier molecular flexibility index (Phi) is 11.5. The van der Waals surface area contributed by atoms with Crippen LogP contribution < -0.4 is 26.4 Å². The van der Waals surface area contributed by atoms with Gasteiger partial charge in [-0.2, -0.15) is 13.2 Å². The summed E-state index contributed by atoms with van der Waals surface area (Å²) in [4.78, 5) is 14.1. The highest BCUT2D eigenvalue weighted by Crippen LogP contribution is 2.32. The molecule has 1 aliphatic carbocycles. The molecule has 3 aromatic rings. The van der Waals surface area contributed by atoms with Crippen molar-refractivity contribution in [2.45, 2.75) is 50.5 Å². The minimum atomic E-state index is -4.39. The second-order valence-electron chi connectivity index (χ2n) is 10.2. The number of ether oxygens (including phenoxy) is 1. The van der Waals surface area contributed by atoms with Crippen molar-refractivity contribution in [1.82, 2.24) is 14.8 Å². The molecule has 0 unspecified atom stereocenters. The standard InChI is InChI=1S/C30H36F3N5O2.CH5N/c1-34-29(39)20-10-15-26(28(17-20)40-4)35-16-6-7-23-18-24-25(36-21-11-13-22(14-12-21)37(2)3)8-5-9-27(24)38(23)19-30(31,32)33;1-2/h5,8-10,15,17-18,21-22,35-36H,11-14,16,19H2,1-4H3,(H,34,39);2H2,1H3. The Labute approximate surface area is 245 Å². The number of rotatable bonds is 8. The van der Waals surface area contributed by atoms with E-state index in [0.717, 1.165) is 36.8 Å². The van der Waals surface area contributed by atoms with Crippen LogP contribution in [0.25, 0.3) is 10.9 Å². The van der Waals surface area contributed by atoms with Gasteiger partial charge in [0.15, 0.2) is 0 Å². The molecule has 1 heterocycles. The molecule has 2 aromatic carbocycles. The molecule has 0 bridgehead atoms. The highest BCUT2D eigenvalue weighted by molar-refractivity contribution is 5.95. The molecule has 8 nitrogen and oxygen atoms in total. The number of methoxy groups -OCH3 is 1. The predicted molar refractivity (Wildman–Crippen MR) is 163 cm³/mol. The van der Waals surface area contributed by atoms with E-state index >= 15 is 0 Å². The Morgan fingerprint density at radius 3 is 2.43 bits per heavy atom. The van der Waals surface area contributed by atoms with Crippen LogP contribution in [0.4, 0.5) is 24.5 Å². The van der Waals surface area contributed by atoms with Gasteiger partial charge in [-0.1, -0.05) is 12.0 Å². The number of nitrogens with zero attached hydrogens (tertiary/aromatic N) is 2. The van der Waals surface area contributed by atoms with Crippen LogP contribution in [0.1, 0.15) is 41.7 Å². The average molecular weight is 587 g/mol. The molecular formula is C31H41F3N6O2. The Morgan fingerprint density at radius 2 is 1.81 bits per heavy atom. The highest BCUT2D eigenvalue weighted by Gasteiger charge is 2.30. The second-order valence-corrected chi connectivity index (χ2v) is 10.2. The molecule has 1 saturated carbocycles. The van der Waals surface area contributed by atoms with Gasteiger partial charge in [-0.3, -0.25) is 4.79 Å². The lowest BCUT2D eigenvalue weighted by molar-refractivity contribution is -0.140. The van der Waals surface area contributed by atoms with Crippen LogP contribution >= 0.6 is 0 Å². The molecule has 0 spiro atoms. The molecule has 42 heavy (non-hydrogen) atoms. The zero-order chi connectivity index (χ0) is 30.9. The number of nitrogens with one attached hydrogen (secondary N) is 3. The summed E-state index contributed by atoms with van der Waals surface area (Å²) in [7, 11) is 8.74. The van der Waals surface area contributed by atoms with Crippen molar-refractivity contribution in [2.75, 3.05) is 52.5 Å². The summed E-state index contributed by atoms with van der Waals surface area (Å²) < 4.78 is 47.3. The average Bonchev–Trinajstić information content (AvgIpc) is 3.32. The van der Waals surface area contributed by atoms with Gasteiger partial charge in [0, 0.05) is 35.8 Å². The number of amides is 1. The van der Waals surface area contributed by atoms with Gasteiger partial charge in [-0.05, 0) is 89.1 Å². The van der Waals surface area contributed by atoms with Crippen molar-refractivity contribution >= 4 is 28.2 Å². The number of carbonyl (C=O) groups excluding carboxylic acids is 1. The van der Waals surface area contributed by atoms with Crippen LogP contribution in [-0.2, 0) is 6.54 Å². The summed E-state index contributed by atoms with van der Waals surface area (Å²) in [5.74, 6) is 6.10. The Morgan fingerprint density at radius 1 is 1.10 bits per heavy atom. The number of aromatic nitrogens is 1. The number of alkyl halides is 3. The fourth-order valence-corrected chi connectivity index (χ4v) is 5.22. The summed E-state index contributed by atoms with van der Waals surface area (Å²) in [6, 6.07) is 13.0. The van der Waals surface area contributed by atoms with Gasteiger partial charge in [0.05, 0.1) is 30.6 Å². The number of hydrogen-bond acceptors (Lipinski definition) is 6. The first-order valence-corrected chi connectivity index (χ1v) is 13.9. The molecule has 1 aliphatic rings. The maximum Gasteiger partial charge on any atom is 0.406 e. The van der Waals surface area contributed by atoms with Gasteiger partial charge in [-0.15, -0.1) is 0 Å². The first-order valence-electron chi connectivity index (χ1n) is 13.9. The smallest absolute Gasteiger partial charge is 0.406 e. The third-order valence-electron chi connectivity index (χ3n) is 7.34. The molecule has 5 N–H and O–H groups in total. The van der Waals surface area contributed by atoms with Crippen LogP contribution in [0.15, 0.2) is 42.5 Å². The third-order valence-corrected chi connectivity index (χ3v) is 7.34. The van der Waals surface area contributed by atoms with Crippen LogP contribution in [0.2, 0.25) is 0 Å². The van der Waals surface area contributed by atoms with E-state index in [2.05, 4.69) is 52.5 Å². The summed E-state index contributed by atoms with van der Waals surface area (Å²) in [6.45, 7) is -0.955. The van der Waals surface area contributed by atoms with Gasteiger partial charge >= 0.3 is 6.18 Å². The van der Waals surface area contributed by atoms with Crippen LogP contribution in [0.3, 0.4) is 0 Å². The molecule has 1 aromatic heterocycles. The van der Waals surface area contributed by atoms with Gasteiger partial charge in [-0.25, -0.2) is 0 Å². The first kappa shape index (κ1) is 32.6. The molecule has 0 aliphatic heterocycles. The van der Waals surface area contributed by atoms with Gasteiger partial charge in [0.1, 0.15) is 12.3 Å². The van der Waals surface area contributed by atoms with Crippen LogP contribution in [-0.4, -0.2) is 75.5 Å². The predicted octanol–water partition coefficient (Wildman–Crippen LogP) is 4.90. The highest BCUT2D eigenvalue weighted by atomic mass is 19.4. The summed E-state index contributed by atoms with van der Waals surface area (Å²) >= 11 is 0. The van der Waals surface area contributed by atoms with E-state index in [1.54, 1.807) is 43.4 Å². The summed E-state index contributed by atoms with van der Waals surface area (Å²) in [6.07, 6.45) is -0.213. The molecule has 1 amide bonds. The maximum atomic E-state index is 13.6. The monoisotopic (exact) mass is 586 g/mol. The minimum absolute atomic E-state index is 0.170. The first-order chi connectivity index (χ1) is 20.1. The summed E-state index contributed by atoms with van der Waals surface area (Å²) in [5, 5.41) is 10.00. The van der Waals surface area contributed by atoms with Crippen LogP contribution in [0.5, 0.6) is 5.75 Å². The van der Waals surface area contributed by atoms with Gasteiger partial charge in [0.25, 0.3) is 5.91 Å². The molecule has 1 fully saturated rings. The van der Waals surface area contributed by atoms with E-state index in [1.165, 1.54) is 18.7 Å². The van der Waals surface area contributed by atoms with E-state index in [0.29, 0.717) is 34.3 Å². The van der Waals surface area contributed by atoms with E-state index in [9.17, 15) is 18.0 Å². The number of carbonyl (C=O) groups is 1. The molecule has 0 atom stereocenters. The Balaban J connectivity index is 0.00000237. The zero-order valence-corrected chi connectivity index (χ0v) is 24.9. The van der Waals surface area contributed by atoms with Gasteiger partial charge in [0.2, 0.25) is 0 Å². The molecule has 228 valence electrons. The van der Waals surface area contributed by atoms with Crippen molar-refractivity contribution in [3.63, 3.8) is 0 Å². The van der Waals surface area contributed by atoms with E-state index in [1.807, 2.05) is 6.07 Å². The van der Waals surface area contributed by atoms with Crippen molar-refractivity contribution in [3.8, 4) is 17.6 Å². The lowest BCUT2D eigenvalue weighted by Crippen LogP contribution is -2.36. The maximum absolute atomic E-state index is 13.6. The third kappa shape index (κ3) is 8.33. The van der Waals surface area contributed by atoms with E-state index in [-0.39, 0.29) is 18.5 Å². The summed E-state index contributed by atoms with van der Waals surface area (Å²) in [5.41, 5.74) is 7.18. The van der Waals surface area contributed by atoms with Crippen molar-refractivity contribution < 1.29 is 22.7 Å². The quantitative estimate of drug-likeness (QED) is 0.281. The van der Waals surface area contributed by atoms with Crippen molar-refractivity contribution in [2.24, 2.45) is 5.73 Å². The van der Waals surface area contributed by atoms with Crippen molar-refractivity contribution in [3.05, 3.63) is 53.7 Å². The molecule has 11 heteroatoms. The second kappa shape index (κ2) is 14.8.